The molecular formula is C14H16N2O5Zn. The number of benzene rings is 2. The Balaban J connectivity index is 0. The molecule has 22 heavy (non-hydrogen) atoms. The molecule has 0 atom stereocenters. The molecular weight excluding hydrogens is 342 g/mol. The summed E-state index contributed by atoms with van der Waals surface area (Å²) in [5.41, 5.74) is 12.3. The second-order valence-electron chi connectivity index (χ2n) is 3.85. The first-order valence-electron chi connectivity index (χ1n) is 5.58. The van der Waals surface area contributed by atoms with E-state index in [1.165, 1.54) is 24.3 Å². The quantitative estimate of drug-likeness (QED) is 0.465. The Morgan fingerprint density at radius 1 is 0.682 bits per heavy atom. The van der Waals surface area contributed by atoms with Crippen molar-refractivity contribution in [1.82, 2.24) is 0 Å². The summed E-state index contributed by atoms with van der Waals surface area (Å²) in [4.78, 5) is 20.5. The molecule has 0 heterocycles. The van der Waals surface area contributed by atoms with Crippen LogP contribution < -0.4 is 11.5 Å². The number of anilines is 2. The predicted molar refractivity (Wildman–Crippen MR) is 79.2 cm³/mol. The molecule has 0 spiro atoms. The molecule has 8 N–H and O–H groups in total. The van der Waals surface area contributed by atoms with Crippen molar-refractivity contribution in [3.63, 3.8) is 0 Å². The van der Waals surface area contributed by atoms with Crippen LogP contribution in [-0.2, 0) is 19.5 Å². The monoisotopic (exact) mass is 356 g/mol. The average molecular weight is 358 g/mol. The fraction of sp³-hybridized carbons (Fsp3) is 0. The van der Waals surface area contributed by atoms with Crippen LogP contribution in [0, 0.1) is 0 Å². The number of rotatable bonds is 2. The van der Waals surface area contributed by atoms with Crippen LogP contribution in [0.15, 0.2) is 48.5 Å². The van der Waals surface area contributed by atoms with Crippen LogP contribution in [0.1, 0.15) is 20.7 Å². The standard InChI is InChI=1S/2C7H7NO2.H2O.Zn/c2*8-6-3-1-5(2-4-6)7(9)10;;/h2*1-4H,8H2,(H,9,10);1H2;. The van der Waals surface area contributed by atoms with Gasteiger partial charge in [-0.15, -0.1) is 0 Å². The Morgan fingerprint density at radius 2 is 0.909 bits per heavy atom. The molecule has 0 radical (unpaired) electrons. The smallest absolute Gasteiger partial charge is 0.335 e. The molecule has 0 fully saturated rings. The van der Waals surface area contributed by atoms with Crippen molar-refractivity contribution in [3.8, 4) is 0 Å². The fourth-order valence-electron chi connectivity index (χ4n) is 1.25. The number of hydrogen-bond donors (Lipinski definition) is 4. The van der Waals surface area contributed by atoms with Gasteiger partial charge < -0.3 is 27.2 Å². The predicted octanol–water partition coefficient (Wildman–Crippen LogP) is 1.11. The number of carboxylic acid groups (broad SMARTS) is 2. The number of nitrogen functional groups attached to an aromatic ring is 2. The molecule has 8 heteroatoms. The maximum atomic E-state index is 10.3. The van der Waals surface area contributed by atoms with Crippen LogP contribution in [0.5, 0.6) is 0 Å². The average Bonchev–Trinajstić information content (AvgIpc) is 2.40. The normalized spacial score (nSPS) is 8.36. The zero-order chi connectivity index (χ0) is 15.1. The first-order valence-corrected chi connectivity index (χ1v) is 5.58. The minimum atomic E-state index is -0.931. The van der Waals surface area contributed by atoms with Gasteiger partial charge in [-0.3, -0.25) is 0 Å². The fourth-order valence-corrected chi connectivity index (χ4v) is 1.25. The van der Waals surface area contributed by atoms with E-state index in [0.717, 1.165) is 0 Å². The van der Waals surface area contributed by atoms with E-state index in [1.807, 2.05) is 0 Å². The maximum absolute atomic E-state index is 10.3. The molecule has 0 bridgehead atoms. The van der Waals surface area contributed by atoms with Gasteiger partial charge in [0, 0.05) is 30.9 Å². The third-order valence-electron chi connectivity index (χ3n) is 2.32. The molecule has 0 aliphatic carbocycles. The van der Waals surface area contributed by atoms with Crippen LogP contribution in [0.25, 0.3) is 0 Å². The van der Waals surface area contributed by atoms with Gasteiger partial charge in [-0.1, -0.05) is 0 Å². The molecule has 0 aliphatic heterocycles. The third-order valence-corrected chi connectivity index (χ3v) is 2.32. The Hall–Kier alpha value is -2.44. The van der Waals surface area contributed by atoms with Crippen molar-refractivity contribution in [2.45, 2.75) is 0 Å². The molecule has 0 aliphatic rings. The van der Waals surface area contributed by atoms with E-state index in [-0.39, 0.29) is 36.1 Å². The zero-order valence-corrected chi connectivity index (χ0v) is 14.7. The van der Waals surface area contributed by atoms with Crippen LogP contribution in [0.3, 0.4) is 0 Å². The van der Waals surface area contributed by atoms with E-state index in [1.54, 1.807) is 24.3 Å². The van der Waals surface area contributed by atoms with Gasteiger partial charge in [-0.2, -0.15) is 0 Å². The van der Waals surface area contributed by atoms with Crippen LogP contribution in [0.2, 0.25) is 0 Å². The van der Waals surface area contributed by atoms with Gasteiger partial charge >= 0.3 is 11.9 Å². The molecule has 2 aromatic carbocycles. The van der Waals surface area contributed by atoms with Crippen LogP contribution in [-0.4, -0.2) is 27.6 Å². The second-order valence-corrected chi connectivity index (χ2v) is 3.85. The maximum Gasteiger partial charge on any atom is 0.335 e. The molecule has 0 amide bonds. The summed E-state index contributed by atoms with van der Waals surface area (Å²) in [7, 11) is 0. The van der Waals surface area contributed by atoms with Gasteiger partial charge in [0.2, 0.25) is 0 Å². The summed E-state index contributed by atoms with van der Waals surface area (Å²) in [5, 5.41) is 16.9. The number of nitrogens with two attached hydrogens (primary N) is 2. The number of carbonyl (C=O) groups is 2. The van der Waals surface area contributed by atoms with Crippen molar-refractivity contribution in [2.75, 3.05) is 11.5 Å². The van der Waals surface area contributed by atoms with E-state index >= 15 is 0 Å². The van der Waals surface area contributed by atoms with Gasteiger partial charge in [-0.05, 0) is 48.5 Å². The van der Waals surface area contributed by atoms with E-state index in [4.69, 9.17) is 21.7 Å². The Bertz CT molecular complexity index is 544. The Labute approximate surface area is 139 Å². The summed E-state index contributed by atoms with van der Waals surface area (Å²) in [5.74, 6) is -1.86. The topological polar surface area (TPSA) is 158 Å². The van der Waals surface area contributed by atoms with Crippen molar-refractivity contribution in [3.05, 3.63) is 59.7 Å². The van der Waals surface area contributed by atoms with Crippen LogP contribution in [0.4, 0.5) is 11.4 Å². The zero-order valence-electron chi connectivity index (χ0n) is 11.7. The first kappa shape index (κ1) is 21.9. The summed E-state index contributed by atoms with van der Waals surface area (Å²) in [6.07, 6.45) is 0. The number of aromatic carboxylic acids is 2. The molecule has 2 aromatic rings. The second kappa shape index (κ2) is 10.3. The first-order chi connectivity index (χ1) is 9.40. The van der Waals surface area contributed by atoms with Crippen molar-refractivity contribution >= 4 is 23.3 Å². The van der Waals surface area contributed by atoms with Crippen molar-refractivity contribution in [1.29, 1.82) is 0 Å². The Morgan fingerprint density at radius 3 is 1.09 bits per heavy atom. The van der Waals surface area contributed by atoms with Crippen LogP contribution >= 0.6 is 0 Å². The molecule has 0 saturated heterocycles. The van der Waals surface area contributed by atoms with Crippen molar-refractivity contribution in [2.24, 2.45) is 0 Å². The third kappa shape index (κ3) is 7.37. The van der Waals surface area contributed by atoms with Crippen molar-refractivity contribution < 1.29 is 44.8 Å². The molecule has 2 rings (SSSR count). The van der Waals surface area contributed by atoms with Gasteiger partial charge in [0.1, 0.15) is 0 Å². The molecule has 7 nitrogen and oxygen atoms in total. The molecule has 0 unspecified atom stereocenters. The molecule has 114 valence electrons. The SMILES string of the molecule is Nc1ccc(C(=O)O)cc1.Nc1ccc(C(=O)O)cc1.O.[Zn]. The molecule has 0 saturated carbocycles. The van der Waals surface area contributed by atoms with E-state index in [9.17, 15) is 9.59 Å². The summed E-state index contributed by atoms with van der Waals surface area (Å²) in [6.45, 7) is 0. The number of carboxylic acids is 2. The van der Waals surface area contributed by atoms with Gasteiger partial charge in [0.25, 0.3) is 0 Å². The Kier molecular flexibility index (Phi) is 10.2. The largest absolute Gasteiger partial charge is 0.478 e. The number of hydrogen-bond acceptors (Lipinski definition) is 4. The van der Waals surface area contributed by atoms with Gasteiger partial charge in [0.05, 0.1) is 11.1 Å². The molecule has 0 aromatic heterocycles. The van der Waals surface area contributed by atoms with E-state index in [2.05, 4.69) is 0 Å². The van der Waals surface area contributed by atoms with E-state index in [0.29, 0.717) is 11.4 Å². The summed E-state index contributed by atoms with van der Waals surface area (Å²) >= 11 is 0. The summed E-state index contributed by atoms with van der Waals surface area (Å²) < 4.78 is 0. The minimum absolute atomic E-state index is 0. The summed E-state index contributed by atoms with van der Waals surface area (Å²) in [6, 6.07) is 12.1. The minimum Gasteiger partial charge on any atom is -0.478 e. The van der Waals surface area contributed by atoms with Gasteiger partial charge in [0.15, 0.2) is 0 Å². The van der Waals surface area contributed by atoms with Gasteiger partial charge in [-0.25, -0.2) is 9.59 Å². The van der Waals surface area contributed by atoms with E-state index < -0.39 is 11.9 Å².